The van der Waals surface area contributed by atoms with Gasteiger partial charge in [-0.3, -0.25) is 4.79 Å². The molecule has 1 aromatic heterocycles. The van der Waals surface area contributed by atoms with Gasteiger partial charge in [0.1, 0.15) is 0 Å². The van der Waals surface area contributed by atoms with Crippen molar-refractivity contribution < 1.29 is 9.53 Å². The lowest BCUT2D eigenvalue weighted by Crippen LogP contribution is -2.42. The van der Waals surface area contributed by atoms with E-state index in [0.29, 0.717) is 6.61 Å². The Bertz CT molecular complexity index is 629. The second-order valence-corrected chi connectivity index (χ2v) is 5.94. The SMILES string of the molecule is CCC(C)(C)NC(=O)c1cn(CCOC)c2ccccc12. The monoisotopic (exact) mass is 288 g/mol. The average molecular weight is 288 g/mol. The van der Waals surface area contributed by atoms with Crippen LogP contribution in [0, 0.1) is 0 Å². The Morgan fingerprint density at radius 3 is 2.71 bits per heavy atom. The Balaban J connectivity index is 2.37. The van der Waals surface area contributed by atoms with Crippen molar-refractivity contribution in [3.8, 4) is 0 Å². The first kappa shape index (κ1) is 15.6. The molecule has 0 bridgehead atoms. The first-order valence-corrected chi connectivity index (χ1v) is 7.38. The second kappa shape index (κ2) is 6.31. The molecule has 0 unspecified atom stereocenters. The molecule has 4 nitrogen and oxygen atoms in total. The highest BCUT2D eigenvalue weighted by atomic mass is 16.5. The zero-order chi connectivity index (χ0) is 15.5. The molecular formula is C17H24N2O2. The van der Waals surface area contributed by atoms with E-state index in [-0.39, 0.29) is 11.4 Å². The number of hydrogen-bond acceptors (Lipinski definition) is 2. The van der Waals surface area contributed by atoms with Crippen LogP contribution in [0.4, 0.5) is 0 Å². The molecule has 1 heterocycles. The third-order valence-electron chi connectivity index (χ3n) is 3.91. The topological polar surface area (TPSA) is 43.3 Å². The summed E-state index contributed by atoms with van der Waals surface area (Å²) in [6.45, 7) is 7.51. The van der Waals surface area contributed by atoms with Crippen LogP contribution < -0.4 is 5.32 Å². The normalized spacial score (nSPS) is 11.8. The summed E-state index contributed by atoms with van der Waals surface area (Å²) in [5, 5.41) is 4.08. The van der Waals surface area contributed by atoms with Crippen LogP contribution in [-0.4, -0.2) is 29.7 Å². The van der Waals surface area contributed by atoms with Gasteiger partial charge in [-0.2, -0.15) is 0 Å². The summed E-state index contributed by atoms with van der Waals surface area (Å²) in [6.07, 6.45) is 2.81. The second-order valence-electron chi connectivity index (χ2n) is 5.94. The number of amides is 1. The van der Waals surface area contributed by atoms with E-state index in [2.05, 4.69) is 16.8 Å². The maximum atomic E-state index is 12.6. The highest BCUT2D eigenvalue weighted by Gasteiger charge is 2.21. The Labute approximate surface area is 126 Å². The van der Waals surface area contributed by atoms with Gasteiger partial charge in [-0.15, -0.1) is 0 Å². The van der Waals surface area contributed by atoms with E-state index in [9.17, 15) is 4.79 Å². The van der Waals surface area contributed by atoms with Crippen LogP contribution in [0.1, 0.15) is 37.6 Å². The molecule has 1 aromatic carbocycles. The van der Waals surface area contributed by atoms with Crippen LogP contribution in [-0.2, 0) is 11.3 Å². The first-order valence-electron chi connectivity index (χ1n) is 7.38. The fourth-order valence-corrected chi connectivity index (χ4v) is 2.27. The number of fused-ring (bicyclic) bond motifs is 1. The van der Waals surface area contributed by atoms with Crippen LogP contribution in [0.25, 0.3) is 10.9 Å². The Kier molecular flexibility index (Phi) is 4.68. The van der Waals surface area contributed by atoms with Crippen molar-refractivity contribution in [2.75, 3.05) is 13.7 Å². The van der Waals surface area contributed by atoms with Crippen molar-refractivity contribution in [1.29, 1.82) is 0 Å². The van der Waals surface area contributed by atoms with Crippen molar-refractivity contribution in [3.05, 3.63) is 36.0 Å². The van der Waals surface area contributed by atoms with E-state index < -0.39 is 0 Å². The average Bonchev–Trinajstić information content (AvgIpc) is 2.84. The van der Waals surface area contributed by atoms with Gasteiger partial charge in [-0.25, -0.2) is 0 Å². The van der Waals surface area contributed by atoms with Crippen molar-refractivity contribution in [1.82, 2.24) is 9.88 Å². The molecule has 1 amide bonds. The highest BCUT2D eigenvalue weighted by Crippen LogP contribution is 2.22. The largest absolute Gasteiger partial charge is 0.383 e. The molecule has 0 atom stereocenters. The summed E-state index contributed by atoms with van der Waals surface area (Å²) < 4.78 is 7.22. The molecule has 0 aliphatic heterocycles. The lowest BCUT2D eigenvalue weighted by Gasteiger charge is -2.24. The fourth-order valence-electron chi connectivity index (χ4n) is 2.27. The van der Waals surface area contributed by atoms with E-state index in [1.54, 1.807) is 7.11 Å². The molecule has 0 spiro atoms. The number of methoxy groups -OCH3 is 1. The summed E-state index contributed by atoms with van der Waals surface area (Å²) in [5.74, 6) is -0.0192. The number of aromatic nitrogens is 1. The number of rotatable bonds is 6. The molecule has 0 aliphatic carbocycles. The highest BCUT2D eigenvalue weighted by molar-refractivity contribution is 6.07. The molecule has 0 radical (unpaired) electrons. The Morgan fingerprint density at radius 2 is 2.05 bits per heavy atom. The van der Waals surface area contributed by atoms with E-state index >= 15 is 0 Å². The van der Waals surface area contributed by atoms with Gasteiger partial charge in [0.15, 0.2) is 0 Å². The van der Waals surface area contributed by atoms with Crippen molar-refractivity contribution in [3.63, 3.8) is 0 Å². The molecule has 21 heavy (non-hydrogen) atoms. The van der Waals surface area contributed by atoms with Gasteiger partial charge in [0.05, 0.1) is 12.2 Å². The first-order chi connectivity index (χ1) is 9.98. The van der Waals surface area contributed by atoms with Gasteiger partial charge in [-0.1, -0.05) is 25.1 Å². The van der Waals surface area contributed by atoms with E-state index in [0.717, 1.165) is 29.4 Å². The van der Waals surface area contributed by atoms with Gasteiger partial charge >= 0.3 is 0 Å². The smallest absolute Gasteiger partial charge is 0.253 e. The number of ether oxygens (including phenoxy) is 1. The molecule has 0 fully saturated rings. The molecule has 2 rings (SSSR count). The van der Waals surface area contributed by atoms with Crippen LogP contribution in [0.2, 0.25) is 0 Å². The van der Waals surface area contributed by atoms with E-state index in [1.807, 2.05) is 44.3 Å². The maximum absolute atomic E-state index is 12.6. The summed E-state index contributed by atoms with van der Waals surface area (Å²) in [7, 11) is 1.68. The minimum atomic E-state index is -0.202. The molecule has 0 saturated carbocycles. The van der Waals surface area contributed by atoms with Crippen LogP contribution in [0.5, 0.6) is 0 Å². The third kappa shape index (κ3) is 3.45. The minimum Gasteiger partial charge on any atom is -0.383 e. The number of carbonyl (C=O) groups excluding carboxylic acids is 1. The lowest BCUT2D eigenvalue weighted by atomic mass is 10.0. The molecule has 0 aliphatic rings. The number of hydrogen-bond donors (Lipinski definition) is 1. The van der Waals surface area contributed by atoms with Gasteiger partial charge in [0.25, 0.3) is 5.91 Å². The standard InChI is InChI=1S/C17H24N2O2/c1-5-17(2,3)18-16(20)14-12-19(10-11-21-4)15-9-7-6-8-13(14)15/h6-9,12H,5,10-11H2,1-4H3,(H,18,20). The van der Waals surface area contributed by atoms with E-state index in [1.165, 1.54) is 0 Å². The number of carbonyl (C=O) groups is 1. The van der Waals surface area contributed by atoms with Crippen LogP contribution in [0.3, 0.4) is 0 Å². The molecule has 0 saturated heterocycles. The molecule has 114 valence electrons. The van der Waals surface area contributed by atoms with Gasteiger partial charge < -0.3 is 14.6 Å². The lowest BCUT2D eigenvalue weighted by molar-refractivity contribution is 0.0912. The zero-order valence-corrected chi connectivity index (χ0v) is 13.3. The predicted octanol–water partition coefficient (Wildman–Crippen LogP) is 3.21. The fraction of sp³-hybridized carbons (Fsp3) is 0.471. The minimum absolute atomic E-state index is 0.0192. The predicted molar refractivity (Wildman–Crippen MR) is 85.7 cm³/mol. The van der Waals surface area contributed by atoms with Crippen molar-refractivity contribution >= 4 is 16.8 Å². The number of para-hydroxylation sites is 1. The third-order valence-corrected chi connectivity index (χ3v) is 3.91. The van der Waals surface area contributed by atoms with E-state index in [4.69, 9.17) is 4.74 Å². The Morgan fingerprint density at radius 1 is 1.33 bits per heavy atom. The van der Waals surface area contributed by atoms with Crippen LogP contribution in [0.15, 0.2) is 30.5 Å². The molecule has 2 aromatic rings. The Hall–Kier alpha value is -1.81. The van der Waals surface area contributed by atoms with Gasteiger partial charge in [0, 0.05) is 36.3 Å². The number of nitrogens with one attached hydrogen (secondary N) is 1. The van der Waals surface area contributed by atoms with Crippen molar-refractivity contribution in [2.45, 2.75) is 39.3 Å². The number of benzene rings is 1. The summed E-state index contributed by atoms with van der Waals surface area (Å²) in [5.41, 5.74) is 1.59. The number of nitrogens with zero attached hydrogens (tertiary/aromatic N) is 1. The van der Waals surface area contributed by atoms with Crippen molar-refractivity contribution in [2.24, 2.45) is 0 Å². The summed E-state index contributed by atoms with van der Waals surface area (Å²) in [4.78, 5) is 12.6. The molecular weight excluding hydrogens is 264 g/mol. The quantitative estimate of drug-likeness (QED) is 0.887. The van der Waals surface area contributed by atoms with Crippen LogP contribution >= 0.6 is 0 Å². The van der Waals surface area contributed by atoms with Gasteiger partial charge in [0.2, 0.25) is 0 Å². The summed E-state index contributed by atoms with van der Waals surface area (Å²) >= 11 is 0. The molecule has 4 heteroatoms. The maximum Gasteiger partial charge on any atom is 0.253 e. The molecule has 1 N–H and O–H groups in total. The zero-order valence-electron chi connectivity index (χ0n) is 13.3. The van der Waals surface area contributed by atoms with Gasteiger partial charge in [-0.05, 0) is 26.3 Å². The summed E-state index contributed by atoms with van der Waals surface area (Å²) in [6, 6.07) is 7.98.